The second-order valence-electron chi connectivity index (χ2n) is 11.1. The van der Waals surface area contributed by atoms with Crippen LogP contribution < -0.4 is 10.1 Å². The molecule has 0 aromatic heterocycles. The first-order chi connectivity index (χ1) is 21.0. The molecule has 1 spiro atoms. The Bertz CT molecular complexity index is 1870. The van der Waals surface area contributed by atoms with Crippen LogP contribution in [0.15, 0.2) is 103 Å². The lowest BCUT2D eigenvalue weighted by molar-refractivity contribution is -0.122. The smallest absolute Gasteiger partial charge is 0.238 e. The number of nitrogens with one attached hydrogen (secondary N) is 1. The fourth-order valence-corrected chi connectivity index (χ4v) is 7.13. The van der Waals surface area contributed by atoms with Crippen LogP contribution in [0.25, 0.3) is 6.08 Å². The van der Waals surface area contributed by atoms with Crippen LogP contribution in [0.3, 0.4) is 0 Å². The van der Waals surface area contributed by atoms with E-state index in [1.807, 2.05) is 90.8 Å². The van der Waals surface area contributed by atoms with E-state index in [1.54, 1.807) is 36.4 Å². The molecule has 7 rings (SSSR count). The normalized spacial score (nSPS) is 22.7. The number of para-hydroxylation sites is 2. The molecule has 1 N–H and O–H groups in total. The fourth-order valence-electron chi connectivity index (χ4n) is 7.13. The van der Waals surface area contributed by atoms with Crippen molar-refractivity contribution in [2.75, 3.05) is 11.9 Å². The summed E-state index contributed by atoms with van der Waals surface area (Å²) in [5, 5.41) is 12.2. The number of carbonyl (C=O) groups excluding carboxylic acids is 3. The van der Waals surface area contributed by atoms with Gasteiger partial charge in [0.05, 0.1) is 17.5 Å². The average molecular weight is 566 g/mol. The molecule has 7 nitrogen and oxygen atoms in total. The van der Waals surface area contributed by atoms with E-state index < -0.39 is 23.4 Å². The summed E-state index contributed by atoms with van der Waals surface area (Å²) in [6.07, 6.45) is 3.77. The van der Waals surface area contributed by atoms with Gasteiger partial charge in [0.1, 0.15) is 23.3 Å². The van der Waals surface area contributed by atoms with E-state index in [0.29, 0.717) is 16.8 Å². The van der Waals surface area contributed by atoms with Gasteiger partial charge in [-0.3, -0.25) is 14.4 Å². The molecule has 4 aromatic rings. The van der Waals surface area contributed by atoms with Crippen molar-refractivity contribution in [1.29, 1.82) is 5.26 Å². The molecule has 1 saturated heterocycles. The predicted molar refractivity (Wildman–Crippen MR) is 161 cm³/mol. The zero-order chi connectivity index (χ0) is 29.7. The average Bonchev–Trinajstić information content (AvgIpc) is 3.52. The lowest BCUT2D eigenvalue weighted by Gasteiger charge is -2.38. The second-order valence-corrected chi connectivity index (χ2v) is 11.1. The summed E-state index contributed by atoms with van der Waals surface area (Å²) >= 11 is 0. The number of hydrogen-bond donors (Lipinski definition) is 1. The second kappa shape index (κ2) is 10.1. The Morgan fingerprint density at radius 2 is 1.65 bits per heavy atom. The number of hydrogen-bond acceptors (Lipinski definition) is 6. The number of anilines is 1. The number of fused-ring (bicyclic) bond motifs is 6. The SMILES string of the molecule is Cc1ccc(C(=O)[C@H]2[C@@H](C(=O)c3ccccc3OCC#N)N3C=Cc4ccccc4[C@@H]3[C@]23C(=O)Nc2ccccc23)cc1. The molecule has 4 aromatic carbocycles. The molecule has 210 valence electrons. The fraction of sp³-hybridized carbons (Fsp3) is 0.167. The summed E-state index contributed by atoms with van der Waals surface area (Å²) in [7, 11) is 0. The van der Waals surface area contributed by atoms with Crippen LogP contribution in [0.5, 0.6) is 5.75 Å². The first kappa shape index (κ1) is 26.4. The van der Waals surface area contributed by atoms with Crippen molar-refractivity contribution in [3.8, 4) is 11.8 Å². The third kappa shape index (κ3) is 3.84. The number of ketones is 2. The number of ether oxygens (including phenoxy) is 1. The van der Waals surface area contributed by atoms with Crippen LogP contribution >= 0.6 is 0 Å². The van der Waals surface area contributed by atoms with Crippen molar-refractivity contribution in [1.82, 2.24) is 4.90 Å². The summed E-state index contributed by atoms with van der Waals surface area (Å²) in [4.78, 5) is 46.2. The van der Waals surface area contributed by atoms with E-state index in [-0.39, 0.29) is 35.4 Å². The molecule has 3 aliphatic heterocycles. The summed E-state index contributed by atoms with van der Waals surface area (Å²) in [5.41, 5.74) is 3.36. The van der Waals surface area contributed by atoms with Crippen LogP contribution in [0, 0.1) is 24.2 Å². The molecule has 0 unspecified atom stereocenters. The molecule has 1 fully saturated rings. The van der Waals surface area contributed by atoms with E-state index in [4.69, 9.17) is 4.74 Å². The van der Waals surface area contributed by atoms with Crippen molar-refractivity contribution >= 4 is 29.2 Å². The van der Waals surface area contributed by atoms with Gasteiger partial charge in [0, 0.05) is 17.5 Å². The Balaban J connectivity index is 1.52. The number of Topliss-reactive ketones (excluding diaryl/α,β-unsaturated/α-hetero) is 2. The van der Waals surface area contributed by atoms with Crippen LogP contribution in [0.4, 0.5) is 5.69 Å². The molecule has 3 aliphatic rings. The van der Waals surface area contributed by atoms with Gasteiger partial charge in [0.25, 0.3) is 0 Å². The van der Waals surface area contributed by atoms with Gasteiger partial charge in [-0.25, -0.2) is 0 Å². The van der Waals surface area contributed by atoms with Crippen molar-refractivity contribution in [2.24, 2.45) is 5.92 Å². The highest BCUT2D eigenvalue weighted by Gasteiger charge is 2.70. The highest BCUT2D eigenvalue weighted by atomic mass is 16.5. The highest BCUT2D eigenvalue weighted by molar-refractivity contribution is 6.17. The number of benzene rings is 4. The molecule has 0 aliphatic carbocycles. The highest BCUT2D eigenvalue weighted by Crippen LogP contribution is 2.62. The minimum atomic E-state index is -1.41. The Morgan fingerprint density at radius 3 is 2.47 bits per heavy atom. The van der Waals surface area contributed by atoms with E-state index in [2.05, 4.69) is 5.32 Å². The Hall–Kier alpha value is -5.48. The van der Waals surface area contributed by atoms with Gasteiger partial charge in [-0.05, 0) is 47.9 Å². The Labute approximate surface area is 249 Å². The van der Waals surface area contributed by atoms with Gasteiger partial charge in [-0.15, -0.1) is 0 Å². The number of carbonyl (C=O) groups is 3. The predicted octanol–water partition coefficient (Wildman–Crippen LogP) is 5.88. The number of amides is 1. The third-order valence-electron chi connectivity index (χ3n) is 8.90. The lowest BCUT2D eigenvalue weighted by atomic mass is 9.62. The van der Waals surface area contributed by atoms with Gasteiger partial charge >= 0.3 is 0 Å². The number of nitriles is 1. The molecule has 1 amide bonds. The maximum absolute atomic E-state index is 14.9. The standard InChI is InChI=1S/C36H27N3O4/c1-22-14-16-24(17-15-22)32(40)30-31(33(41)26-10-4-7-13-29(26)43-21-19-37)39-20-18-23-8-2-3-9-25(23)34(39)36(30)27-11-5-6-12-28(27)38-35(36)42/h2-18,20,30-31,34H,21H2,1H3,(H,38,42)/t30-,31+,34-,36-/m1/s1. The zero-order valence-corrected chi connectivity index (χ0v) is 23.4. The minimum absolute atomic E-state index is 0.236. The van der Waals surface area contributed by atoms with Gasteiger partial charge in [0.2, 0.25) is 5.91 Å². The summed E-state index contributed by atoms with van der Waals surface area (Å²) in [5.74, 6) is -1.80. The molecule has 0 saturated carbocycles. The Morgan fingerprint density at radius 1 is 0.930 bits per heavy atom. The molecule has 3 heterocycles. The topological polar surface area (TPSA) is 99.5 Å². The maximum Gasteiger partial charge on any atom is 0.238 e. The monoisotopic (exact) mass is 565 g/mol. The Kier molecular flexibility index (Phi) is 6.21. The van der Waals surface area contributed by atoms with Crippen LogP contribution in [-0.2, 0) is 10.2 Å². The quantitative estimate of drug-likeness (QED) is 0.293. The van der Waals surface area contributed by atoms with E-state index in [1.165, 1.54) is 0 Å². The minimum Gasteiger partial charge on any atom is -0.478 e. The summed E-state index contributed by atoms with van der Waals surface area (Å²) in [6.45, 7) is 1.71. The van der Waals surface area contributed by atoms with Crippen molar-refractivity contribution in [3.05, 3.63) is 137 Å². The first-order valence-electron chi connectivity index (χ1n) is 14.2. The van der Waals surface area contributed by atoms with Gasteiger partial charge < -0.3 is 15.0 Å². The molecule has 7 heteroatoms. The van der Waals surface area contributed by atoms with Gasteiger partial charge in [-0.1, -0.05) is 84.4 Å². The van der Waals surface area contributed by atoms with Crippen LogP contribution in [-0.4, -0.2) is 35.0 Å². The van der Waals surface area contributed by atoms with E-state index in [9.17, 15) is 19.6 Å². The van der Waals surface area contributed by atoms with E-state index in [0.717, 1.165) is 16.7 Å². The van der Waals surface area contributed by atoms with Crippen LogP contribution in [0.2, 0.25) is 0 Å². The summed E-state index contributed by atoms with van der Waals surface area (Å²) < 4.78 is 5.66. The molecule has 43 heavy (non-hydrogen) atoms. The lowest BCUT2D eigenvalue weighted by Crippen LogP contribution is -2.49. The molecule has 4 atom stereocenters. The van der Waals surface area contributed by atoms with Gasteiger partial charge in [0.15, 0.2) is 18.2 Å². The van der Waals surface area contributed by atoms with Gasteiger partial charge in [-0.2, -0.15) is 5.26 Å². The zero-order valence-electron chi connectivity index (χ0n) is 23.4. The van der Waals surface area contributed by atoms with Crippen molar-refractivity contribution < 1.29 is 19.1 Å². The molecule has 0 bridgehead atoms. The van der Waals surface area contributed by atoms with Crippen molar-refractivity contribution in [2.45, 2.75) is 24.4 Å². The number of aryl methyl sites for hydroxylation is 1. The molecular formula is C36H27N3O4. The number of rotatable bonds is 6. The summed E-state index contributed by atoms with van der Waals surface area (Å²) in [6, 6.07) is 29.5. The largest absolute Gasteiger partial charge is 0.478 e. The van der Waals surface area contributed by atoms with Crippen molar-refractivity contribution in [3.63, 3.8) is 0 Å². The third-order valence-corrected chi connectivity index (χ3v) is 8.90. The van der Waals surface area contributed by atoms with Crippen LogP contribution in [0.1, 0.15) is 49.0 Å². The maximum atomic E-state index is 14.9. The van der Waals surface area contributed by atoms with E-state index >= 15 is 0 Å². The molecular weight excluding hydrogens is 538 g/mol. The molecule has 0 radical (unpaired) electrons. The first-order valence-corrected chi connectivity index (χ1v) is 14.2. The number of nitrogens with zero attached hydrogens (tertiary/aromatic N) is 2.